The lowest BCUT2D eigenvalue weighted by molar-refractivity contribution is -0.147. The molecule has 2 heterocycles. The third-order valence-electron chi connectivity index (χ3n) is 5.19. The van der Waals surface area contributed by atoms with Crippen LogP contribution in [0.4, 0.5) is 16.2 Å². The summed E-state index contributed by atoms with van der Waals surface area (Å²) in [6.07, 6.45) is 5.26. The molecule has 0 bridgehead atoms. The Morgan fingerprint density at radius 3 is 2.37 bits per heavy atom. The van der Waals surface area contributed by atoms with Crippen LogP contribution in [-0.4, -0.2) is 61.5 Å². The molecule has 0 saturated carbocycles. The maximum Gasteiger partial charge on any atom is 0.324 e. The van der Waals surface area contributed by atoms with Crippen LogP contribution in [-0.2, 0) is 19.1 Å². The van der Waals surface area contributed by atoms with E-state index < -0.39 is 17.9 Å². The van der Waals surface area contributed by atoms with Crippen LogP contribution in [0.3, 0.4) is 0 Å². The van der Waals surface area contributed by atoms with E-state index in [4.69, 9.17) is 4.74 Å². The third-order valence-corrected chi connectivity index (χ3v) is 5.19. The first-order chi connectivity index (χ1) is 14.5. The number of benzene rings is 1. The number of urea groups is 1. The Morgan fingerprint density at radius 1 is 1.03 bits per heavy atom. The molecule has 0 atom stereocenters. The molecule has 2 aliphatic heterocycles. The summed E-state index contributed by atoms with van der Waals surface area (Å²) in [5.74, 6) is -1.27. The van der Waals surface area contributed by atoms with E-state index in [0.717, 1.165) is 23.7 Å². The Kier molecular flexibility index (Phi) is 7.64. The van der Waals surface area contributed by atoms with E-state index in [2.05, 4.69) is 15.5 Å². The molecule has 9 heteroatoms. The fourth-order valence-corrected chi connectivity index (χ4v) is 3.56. The van der Waals surface area contributed by atoms with Crippen molar-refractivity contribution in [3.8, 4) is 0 Å². The lowest BCUT2D eigenvalue weighted by Crippen LogP contribution is -2.32. The van der Waals surface area contributed by atoms with Gasteiger partial charge in [0.2, 0.25) is 5.91 Å². The van der Waals surface area contributed by atoms with Gasteiger partial charge in [0.15, 0.2) is 6.61 Å². The number of rotatable bonds is 8. The molecule has 0 aliphatic carbocycles. The second-order valence-corrected chi connectivity index (χ2v) is 7.46. The van der Waals surface area contributed by atoms with E-state index >= 15 is 0 Å². The van der Waals surface area contributed by atoms with Gasteiger partial charge in [0.05, 0.1) is 6.54 Å². The molecule has 1 aromatic rings. The van der Waals surface area contributed by atoms with Gasteiger partial charge in [-0.15, -0.1) is 0 Å². The van der Waals surface area contributed by atoms with Crippen molar-refractivity contribution in [3.05, 3.63) is 24.3 Å². The standard InChI is InChI=1S/C21H28N4O5/c26-18(15-30-20(28)6-5-13-25-19(27)14-22-21(25)29)23-16-7-9-17(10-8-16)24-11-3-1-2-4-12-24/h7-10H,1-6,11-15H2,(H,22,29)(H,23,26). The number of hydrogen-bond acceptors (Lipinski definition) is 6. The van der Waals surface area contributed by atoms with Crippen LogP contribution in [0, 0.1) is 0 Å². The monoisotopic (exact) mass is 416 g/mol. The van der Waals surface area contributed by atoms with Gasteiger partial charge in [-0.2, -0.15) is 0 Å². The first-order valence-corrected chi connectivity index (χ1v) is 10.4. The second-order valence-electron chi connectivity index (χ2n) is 7.46. The molecule has 0 radical (unpaired) electrons. The van der Waals surface area contributed by atoms with E-state index in [9.17, 15) is 19.2 Å². The molecule has 0 spiro atoms. The Morgan fingerprint density at radius 2 is 1.73 bits per heavy atom. The quantitative estimate of drug-likeness (QED) is 0.495. The lowest BCUT2D eigenvalue weighted by Gasteiger charge is -2.22. The largest absolute Gasteiger partial charge is 0.456 e. The normalized spacial score (nSPS) is 16.8. The SMILES string of the molecule is O=C(COC(=O)CCCN1C(=O)CNC1=O)Nc1ccc(N2CCCCCC2)cc1. The third kappa shape index (κ3) is 6.20. The maximum atomic E-state index is 12.0. The zero-order valence-electron chi connectivity index (χ0n) is 17.0. The molecule has 9 nitrogen and oxygen atoms in total. The van der Waals surface area contributed by atoms with E-state index in [-0.39, 0.29) is 38.4 Å². The number of anilines is 2. The summed E-state index contributed by atoms with van der Waals surface area (Å²) < 4.78 is 4.96. The first-order valence-electron chi connectivity index (χ1n) is 10.4. The summed E-state index contributed by atoms with van der Waals surface area (Å²) in [6.45, 7) is 1.87. The number of imide groups is 1. The molecule has 2 fully saturated rings. The average Bonchev–Trinajstić information content (AvgIpc) is 2.93. The highest BCUT2D eigenvalue weighted by Gasteiger charge is 2.27. The molecule has 2 aliphatic rings. The summed E-state index contributed by atoms with van der Waals surface area (Å²) in [7, 11) is 0. The van der Waals surface area contributed by atoms with Gasteiger partial charge >= 0.3 is 12.0 Å². The molecule has 162 valence electrons. The Labute approximate surface area is 175 Å². The highest BCUT2D eigenvalue weighted by Crippen LogP contribution is 2.21. The summed E-state index contributed by atoms with van der Waals surface area (Å²) in [4.78, 5) is 50.1. The van der Waals surface area contributed by atoms with Crippen LogP contribution >= 0.6 is 0 Å². The Balaban J connectivity index is 1.35. The van der Waals surface area contributed by atoms with Crippen molar-refractivity contribution < 1.29 is 23.9 Å². The molecule has 3 rings (SSSR count). The van der Waals surface area contributed by atoms with Gasteiger partial charge in [0.1, 0.15) is 0 Å². The molecule has 2 saturated heterocycles. The van der Waals surface area contributed by atoms with Gasteiger partial charge in [0.25, 0.3) is 5.91 Å². The van der Waals surface area contributed by atoms with Gasteiger partial charge in [-0.25, -0.2) is 4.79 Å². The molecule has 2 N–H and O–H groups in total. The van der Waals surface area contributed by atoms with Gasteiger partial charge < -0.3 is 20.3 Å². The smallest absolute Gasteiger partial charge is 0.324 e. The number of ether oxygens (including phenoxy) is 1. The van der Waals surface area contributed by atoms with Crippen molar-refractivity contribution in [2.75, 3.05) is 43.0 Å². The number of hydrogen-bond donors (Lipinski definition) is 2. The van der Waals surface area contributed by atoms with Crippen LogP contribution in [0.5, 0.6) is 0 Å². The summed E-state index contributed by atoms with van der Waals surface area (Å²) in [5, 5.41) is 5.12. The molecule has 4 amide bonds. The molecule has 0 unspecified atom stereocenters. The van der Waals surface area contributed by atoms with Crippen LogP contribution in [0.1, 0.15) is 38.5 Å². The predicted molar refractivity (Wildman–Crippen MR) is 111 cm³/mol. The zero-order valence-corrected chi connectivity index (χ0v) is 17.0. The van der Waals surface area contributed by atoms with E-state index in [0.29, 0.717) is 5.69 Å². The van der Waals surface area contributed by atoms with Gasteiger partial charge in [-0.05, 0) is 43.5 Å². The molecule has 30 heavy (non-hydrogen) atoms. The van der Waals surface area contributed by atoms with E-state index in [1.807, 2.05) is 24.3 Å². The number of nitrogens with zero attached hydrogens (tertiary/aromatic N) is 2. The average molecular weight is 416 g/mol. The zero-order chi connectivity index (χ0) is 21.3. The minimum Gasteiger partial charge on any atom is -0.456 e. The fourth-order valence-electron chi connectivity index (χ4n) is 3.56. The fraction of sp³-hybridized carbons (Fsp3) is 0.524. The van der Waals surface area contributed by atoms with Crippen molar-refractivity contribution in [1.29, 1.82) is 0 Å². The van der Waals surface area contributed by atoms with Crippen molar-refractivity contribution in [2.45, 2.75) is 38.5 Å². The molecule has 1 aromatic carbocycles. The number of nitrogens with one attached hydrogen (secondary N) is 2. The van der Waals surface area contributed by atoms with E-state index in [1.165, 1.54) is 25.7 Å². The summed E-state index contributed by atoms with van der Waals surface area (Å²) in [6, 6.07) is 7.22. The Hall–Kier alpha value is -3.10. The van der Waals surface area contributed by atoms with E-state index in [1.54, 1.807) is 0 Å². The highest BCUT2D eigenvalue weighted by atomic mass is 16.5. The predicted octanol–water partition coefficient (Wildman–Crippen LogP) is 1.88. The van der Waals surface area contributed by atoms with Gasteiger partial charge in [-0.1, -0.05) is 12.8 Å². The number of carbonyl (C=O) groups excluding carboxylic acids is 4. The number of esters is 1. The van der Waals surface area contributed by atoms with Crippen LogP contribution < -0.4 is 15.5 Å². The van der Waals surface area contributed by atoms with Crippen molar-refractivity contribution in [1.82, 2.24) is 10.2 Å². The summed E-state index contributed by atoms with van der Waals surface area (Å²) >= 11 is 0. The first kappa shape index (κ1) is 21.6. The lowest BCUT2D eigenvalue weighted by atomic mass is 10.2. The Bertz CT molecular complexity index is 756. The molecule has 0 aromatic heterocycles. The van der Waals surface area contributed by atoms with Crippen LogP contribution in [0.25, 0.3) is 0 Å². The highest BCUT2D eigenvalue weighted by molar-refractivity contribution is 6.01. The van der Waals surface area contributed by atoms with Gasteiger partial charge in [-0.3, -0.25) is 19.3 Å². The van der Waals surface area contributed by atoms with Crippen LogP contribution in [0.2, 0.25) is 0 Å². The molecular formula is C21H28N4O5. The minimum atomic E-state index is -0.547. The second kappa shape index (κ2) is 10.6. The molecular weight excluding hydrogens is 388 g/mol. The van der Waals surface area contributed by atoms with Crippen molar-refractivity contribution in [3.63, 3.8) is 0 Å². The number of amides is 4. The van der Waals surface area contributed by atoms with Crippen molar-refractivity contribution >= 4 is 35.2 Å². The topological polar surface area (TPSA) is 108 Å². The van der Waals surface area contributed by atoms with Gasteiger partial charge in [0, 0.05) is 37.4 Å². The minimum absolute atomic E-state index is 0.0114. The summed E-state index contributed by atoms with van der Waals surface area (Å²) in [5.41, 5.74) is 1.79. The maximum absolute atomic E-state index is 12.0. The number of carbonyl (C=O) groups is 4. The van der Waals surface area contributed by atoms with Crippen LogP contribution in [0.15, 0.2) is 24.3 Å². The van der Waals surface area contributed by atoms with Crippen molar-refractivity contribution in [2.24, 2.45) is 0 Å².